The van der Waals surface area contributed by atoms with Gasteiger partial charge in [-0.1, -0.05) is 12.1 Å². The minimum absolute atomic E-state index is 0.158. The van der Waals surface area contributed by atoms with Crippen molar-refractivity contribution in [2.75, 3.05) is 11.9 Å². The van der Waals surface area contributed by atoms with E-state index in [-0.39, 0.29) is 5.91 Å². The number of H-pyrrole nitrogens is 1. The van der Waals surface area contributed by atoms with Gasteiger partial charge in [-0.05, 0) is 19.9 Å². The normalized spacial score (nSPS) is 12.6. The number of benzene rings is 1. The fourth-order valence-electron chi connectivity index (χ4n) is 1.63. The molecule has 0 radical (unpaired) electrons. The van der Waals surface area contributed by atoms with Crippen molar-refractivity contribution in [3.63, 3.8) is 0 Å². The van der Waals surface area contributed by atoms with Crippen LogP contribution in [0.3, 0.4) is 0 Å². The lowest BCUT2D eigenvalue weighted by molar-refractivity contribution is -0.126. The first-order chi connectivity index (χ1) is 8.22. The van der Waals surface area contributed by atoms with Gasteiger partial charge in [0.15, 0.2) is 0 Å². The number of nitrogens with zero attached hydrogens (tertiary/aromatic N) is 1. The van der Waals surface area contributed by atoms with Gasteiger partial charge in [-0.15, -0.1) is 0 Å². The number of carbonyl (C=O) groups excluding carboxylic acids is 1. The van der Waals surface area contributed by atoms with Crippen LogP contribution in [0.2, 0.25) is 0 Å². The van der Waals surface area contributed by atoms with Crippen LogP contribution in [0, 0.1) is 0 Å². The Hall–Kier alpha value is -1.88. The molecule has 2 aromatic rings. The third-order valence-electron chi connectivity index (χ3n) is 2.52. The Bertz CT molecular complexity index is 521. The van der Waals surface area contributed by atoms with Gasteiger partial charge >= 0.3 is 0 Å². The minimum atomic E-state index is -0.460. The molecule has 0 spiro atoms. The van der Waals surface area contributed by atoms with Crippen LogP contribution in [-0.2, 0) is 9.53 Å². The molecule has 17 heavy (non-hydrogen) atoms. The Morgan fingerprint density at radius 3 is 3.18 bits per heavy atom. The van der Waals surface area contributed by atoms with Crippen LogP contribution in [0.1, 0.15) is 13.8 Å². The summed E-state index contributed by atoms with van der Waals surface area (Å²) < 4.78 is 5.23. The fourth-order valence-corrected chi connectivity index (χ4v) is 1.63. The topological polar surface area (TPSA) is 67.0 Å². The zero-order valence-electron chi connectivity index (χ0n) is 9.86. The second kappa shape index (κ2) is 4.97. The van der Waals surface area contributed by atoms with Crippen molar-refractivity contribution >= 4 is 22.5 Å². The van der Waals surface area contributed by atoms with E-state index < -0.39 is 6.10 Å². The average Bonchev–Trinajstić information content (AvgIpc) is 2.78. The predicted molar refractivity (Wildman–Crippen MR) is 65.8 cm³/mol. The van der Waals surface area contributed by atoms with Gasteiger partial charge < -0.3 is 10.1 Å². The number of ether oxygens (including phenoxy) is 1. The van der Waals surface area contributed by atoms with Crippen molar-refractivity contribution < 1.29 is 9.53 Å². The van der Waals surface area contributed by atoms with Crippen LogP contribution in [-0.4, -0.2) is 28.8 Å². The lowest BCUT2D eigenvalue weighted by atomic mass is 10.2. The van der Waals surface area contributed by atoms with E-state index in [4.69, 9.17) is 4.74 Å². The van der Waals surface area contributed by atoms with E-state index in [1.54, 1.807) is 13.1 Å². The molecule has 5 nitrogen and oxygen atoms in total. The van der Waals surface area contributed by atoms with Crippen molar-refractivity contribution in [3.05, 3.63) is 24.4 Å². The molecule has 0 saturated carbocycles. The molecule has 1 atom stereocenters. The smallest absolute Gasteiger partial charge is 0.253 e. The molecule has 5 heteroatoms. The molecule has 2 N–H and O–H groups in total. The third-order valence-corrected chi connectivity index (χ3v) is 2.52. The van der Waals surface area contributed by atoms with E-state index in [1.807, 2.05) is 25.1 Å². The van der Waals surface area contributed by atoms with Gasteiger partial charge in [-0.3, -0.25) is 9.89 Å². The highest BCUT2D eigenvalue weighted by molar-refractivity contribution is 6.01. The molecule has 0 aliphatic heterocycles. The number of para-hydroxylation sites is 1. The van der Waals surface area contributed by atoms with Gasteiger partial charge in [0, 0.05) is 12.0 Å². The van der Waals surface area contributed by atoms with Gasteiger partial charge in [-0.25, -0.2) is 0 Å². The number of aromatic nitrogens is 2. The average molecular weight is 233 g/mol. The van der Waals surface area contributed by atoms with Crippen LogP contribution in [0.15, 0.2) is 24.4 Å². The third kappa shape index (κ3) is 2.45. The van der Waals surface area contributed by atoms with Gasteiger partial charge in [0.05, 0.1) is 17.4 Å². The van der Waals surface area contributed by atoms with E-state index >= 15 is 0 Å². The molecular weight excluding hydrogens is 218 g/mol. The maximum absolute atomic E-state index is 11.8. The number of carbonyl (C=O) groups is 1. The Kier molecular flexibility index (Phi) is 3.39. The van der Waals surface area contributed by atoms with Gasteiger partial charge in [0.2, 0.25) is 0 Å². The largest absolute Gasteiger partial charge is 0.369 e. The molecule has 0 aliphatic carbocycles. The van der Waals surface area contributed by atoms with Crippen LogP contribution in [0.5, 0.6) is 0 Å². The number of fused-ring (bicyclic) bond motifs is 1. The molecule has 90 valence electrons. The standard InChI is InChI=1S/C12H15N3O2/c1-3-17-8(2)12(16)14-10-6-4-5-9-7-13-15-11(9)10/h4-8H,3H2,1-2H3,(H,13,15)(H,14,16). The molecule has 0 fully saturated rings. The molecule has 0 bridgehead atoms. The Labute approximate surface area is 99.2 Å². The highest BCUT2D eigenvalue weighted by Gasteiger charge is 2.14. The molecule has 0 saturated heterocycles. The Balaban J connectivity index is 2.18. The number of amides is 1. The highest BCUT2D eigenvalue weighted by atomic mass is 16.5. The van der Waals surface area contributed by atoms with Crippen molar-refractivity contribution in [2.24, 2.45) is 0 Å². The number of aromatic amines is 1. The molecule has 1 unspecified atom stereocenters. The lowest BCUT2D eigenvalue weighted by Crippen LogP contribution is -2.27. The summed E-state index contributed by atoms with van der Waals surface area (Å²) in [5.74, 6) is -0.158. The number of hydrogen-bond acceptors (Lipinski definition) is 3. The number of hydrogen-bond donors (Lipinski definition) is 2. The van der Waals surface area contributed by atoms with E-state index in [0.29, 0.717) is 6.61 Å². The number of rotatable bonds is 4. The molecule has 0 aliphatic rings. The van der Waals surface area contributed by atoms with Crippen LogP contribution < -0.4 is 5.32 Å². The van der Waals surface area contributed by atoms with Crippen molar-refractivity contribution in [3.8, 4) is 0 Å². The summed E-state index contributed by atoms with van der Waals surface area (Å²) >= 11 is 0. The quantitative estimate of drug-likeness (QED) is 0.847. The van der Waals surface area contributed by atoms with Crippen LogP contribution >= 0.6 is 0 Å². The maximum atomic E-state index is 11.8. The Morgan fingerprint density at radius 2 is 2.41 bits per heavy atom. The van der Waals surface area contributed by atoms with E-state index in [2.05, 4.69) is 15.5 Å². The summed E-state index contributed by atoms with van der Waals surface area (Å²) in [5, 5.41) is 10.6. The summed E-state index contributed by atoms with van der Waals surface area (Å²) in [6, 6.07) is 5.64. The molecule has 1 aromatic heterocycles. The van der Waals surface area contributed by atoms with E-state index in [0.717, 1.165) is 16.6 Å². The highest BCUT2D eigenvalue weighted by Crippen LogP contribution is 2.20. The molecule has 1 aromatic carbocycles. The van der Waals surface area contributed by atoms with Crippen molar-refractivity contribution in [1.29, 1.82) is 0 Å². The summed E-state index contributed by atoms with van der Waals surface area (Å²) in [5.41, 5.74) is 1.54. The Morgan fingerprint density at radius 1 is 1.59 bits per heavy atom. The lowest BCUT2D eigenvalue weighted by Gasteiger charge is -2.12. The number of nitrogens with one attached hydrogen (secondary N) is 2. The number of anilines is 1. The van der Waals surface area contributed by atoms with E-state index in [1.165, 1.54) is 0 Å². The summed E-state index contributed by atoms with van der Waals surface area (Å²) in [4.78, 5) is 11.8. The van der Waals surface area contributed by atoms with Crippen molar-refractivity contribution in [2.45, 2.75) is 20.0 Å². The predicted octanol–water partition coefficient (Wildman–Crippen LogP) is 1.93. The zero-order chi connectivity index (χ0) is 12.3. The van der Waals surface area contributed by atoms with Crippen LogP contribution in [0.25, 0.3) is 10.9 Å². The second-order valence-electron chi connectivity index (χ2n) is 3.73. The summed E-state index contributed by atoms with van der Waals surface area (Å²) in [7, 11) is 0. The van der Waals surface area contributed by atoms with Crippen molar-refractivity contribution in [1.82, 2.24) is 10.2 Å². The minimum Gasteiger partial charge on any atom is -0.369 e. The van der Waals surface area contributed by atoms with Gasteiger partial charge in [0.1, 0.15) is 6.10 Å². The van der Waals surface area contributed by atoms with Gasteiger partial charge in [-0.2, -0.15) is 5.10 Å². The van der Waals surface area contributed by atoms with E-state index in [9.17, 15) is 4.79 Å². The second-order valence-corrected chi connectivity index (χ2v) is 3.73. The fraction of sp³-hybridized carbons (Fsp3) is 0.333. The monoisotopic (exact) mass is 233 g/mol. The summed E-state index contributed by atoms with van der Waals surface area (Å²) in [6.45, 7) is 4.11. The maximum Gasteiger partial charge on any atom is 0.253 e. The first kappa shape index (κ1) is 11.6. The SMILES string of the molecule is CCOC(C)C(=O)Nc1cccc2cn[nH]c12. The zero-order valence-corrected chi connectivity index (χ0v) is 9.86. The van der Waals surface area contributed by atoms with Gasteiger partial charge in [0.25, 0.3) is 5.91 Å². The first-order valence-corrected chi connectivity index (χ1v) is 5.57. The molecule has 2 rings (SSSR count). The van der Waals surface area contributed by atoms with Crippen LogP contribution in [0.4, 0.5) is 5.69 Å². The molecular formula is C12H15N3O2. The summed E-state index contributed by atoms with van der Waals surface area (Å²) in [6.07, 6.45) is 1.26. The molecule has 1 heterocycles. The first-order valence-electron chi connectivity index (χ1n) is 5.57. The molecule has 1 amide bonds.